The summed E-state index contributed by atoms with van der Waals surface area (Å²) in [5, 5.41) is 12.7. The van der Waals surface area contributed by atoms with E-state index in [0.29, 0.717) is 5.82 Å². The summed E-state index contributed by atoms with van der Waals surface area (Å²) in [4.78, 5) is 15.9. The van der Waals surface area contributed by atoms with Gasteiger partial charge in [-0.2, -0.15) is 0 Å². The average molecular weight is 1400 g/mol. The molecular formula is C99H58N6O2S. The predicted octanol–water partition coefficient (Wildman–Crippen LogP) is 27.0. The molecule has 0 N–H and O–H groups in total. The van der Waals surface area contributed by atoms with Crippen molar-refractivity contribution < 1.29 is 8.83 Å². The Hall–Kier alpha value is -14.3. The van der Waals surface area contributed by atoms with E-state index in [9.17, 15) is 0 Å². The van der Waals surface area contributed by atoms with Crippen molar-refractivity contribution in [3.8, 4) is 95.6 Å². The molecule has 0 aliphatic heterocycles. The lowest BCUT2D eigenvalue weighted by Crippen LogP contribution is -1.97. The highest BCUT2D eigenvalue weighted by Gasteiger charge is 2.24. The van der Waals surface area contributed by atoms with Crippen LogP contribution in [0.4, 0.5) is 0 Å². The Morgan fingerprint density at radius 2 is 0.741 bits per heavy atom. The molecule has 0 saturated carbocycles. The Balaban J connectivity index is 0.552. The van der Waals surface area contributed by atoms with Gasteiger partial charge in [0.05, 0.1) is 44.3 Å². The smallest absolute Gasteiger partial charge is 0.161 e. The van der Waals surface area contributed by atoms with Crippen LogP contribution in [0, 0.1) is 0 Å². The molecule has 7 aromatic heterocycles. The molecule has 0 saturated heterocycles. The number of aromatic nitrogens is 6. The maximum Gasteiger partial charge on any atom is 0.161 e. The first-order chi connectivity index (χ1) is 53.5. The third kappa shape index (κ3) is 9.32. The highest BCUT2D eigenvalue weighted by molar-refractivity contribution is 7.26. The zero-order valence-electron chi connectivity index (χ0n) is 57.9. The van der Waals surface area contributed by atoms with Gasteiger partial charge in [0.1, 0.15) is 28.2 Å². The van der Waals surface area contributed by atoms with Crippen molar-refractivity contribution in [2.24, 2.45) is 0 Å². The standard InChI is InChI=1S/C99H58N6O2S/c1-2-17-59(18-3-1)60-35-39-63(40-36-60)96-76-23-4-8-27-81(76)100-98(102-96)80-26-16-33-89-94(80)79-52-49-70(58-91(79)107-89)104-83-29-10-5-21-72(83)73-50-45-67(56-87(73)104)66-20-14-19-65(55-66)61-43-46-68(47-44-61)105-85-31-12-9-28-82(85)101-99(105)64-41-37-62(38-42-64)71-25-15-32-88-93(71)78-51-48-69(57-90(78)106-88)103-84-30-11-6-24-77(84)95-86(103)54-53-75-74-22-7-13-34-92(74)108-97(75)95/h1-58H. The molecule has 502 valence electrons. The first kappa shape index (κ1) is 60.2. The van der Waals surface area contributed by atoms with E-state index in [4.69, 9.17) is 23.8 Å². The van der Waals surface area contributed by atoms with Gasteiger partial charge in [-0.1, -0.05) is 237 Å². The van der Waals surface area contributed by atoms with Gasteiger partial charge < -0.3 is 18.0 Å². The van der Waals surface area contributed by atoms with Crippen LogP contribution in [0.2, 0.25) is 0 Å². The highest BCUT2D eigenvalue weighted by atomic mass is 32.1. The van der Waals surface area contributed by atoms with Crippen LogP contribution in [-0.2, 0) is 0 Å². The topological polar surface area (TPSA) is 79.7 Å². The molecule has 16 aromatic carbocycles. The number of para-hydroxylation sites is 5. The number of imidazole rings is 1. The lowest BCUT2D eigenvalue weighted by atomic mass is 9.98. The van der Waals surface area contributed by atoms with Crippen LogP contribution in [0.5, 0.6) is 0 Å². The quantitative estimate of drug-likeness (QED) is 0.136. The van der Waals surface area contributed by atoms with Gasteiger partial charge in [0.15, 0.2) is 5.82 Å². The fraction of sp³-hybridized carbons (Fsp3) is 0. The van der Waals surface area contributed by atoms with E-state index in [0.717, 1.165) is 161 Å². The number of furan rings is 2. The van der Waals surface area contributed by atoms with E-state index in [1.54, 1.807) is 0 Å². The first-order valence-electron chi connectivity index (χ1n) is 36.5. The molecule has 23 aromatic rings. The van der Waals surface area contributed by atoms with Crippen LogP contribution in [0.15, 0.2) is 361 Å². The molecule has 0 atom stereocenters. The summed E-state index contributed by atoms with van der Waals surface area (Å²) in [6, 6.07) is 126. The third-order valence-corrected chi connectivity index (χ3v) is 23.3. The summed E-state index contributed by atoms with van der Waals surface area (Å²) in [5.74, 6) is 1.52. The molecule has 108 heavy (non-hydrogen) atoms. The monoisotopic (exact) mass is 1390 g/mol. The molecule has 0 aliphatic rings. The van der Waals surface area contributed by atoms with Gasteiger partial charge in [-0.15, -0.1) is 11.3 Å². The molecule has 0 spiro atoms. The van der Waals surface area contributed by atoms with E-state index < -0.39 is 0 Å². The molecule has 23 rings (SSSR count). The van der Waals surface area contributed by atoms with Crippen LogP contribution in [0.25, 0.3) is 225 Å². The lowest BCUT2D eigenvalue weighted by Gasteiger charge is -2.12. The van der Waals surface area contributed by atoms with Crippen LogP contribution >= 0.6 is 11.3 Å². The molecule has 0 aliphatic carbocycles. The zero-order valence-corrected chi connectivity index (χ0v) is 58.7. The summed E-state index contributed by atoms with van der Waals surface area (Å²) >= 11 is 1.88. The van der Waals surface area contributed by atoms with E-state index in [1.807, 2.05) is 35.6 Å². The number of benzene rings is 16. The number of hydrogen-bond donors (Lipinski definition) is 0. The van der Waals surface area contributed by atoms with E-state index >= 15 is 0 Å². The van der Waals surface area contributed by atoms with E-state index in [-0.39, 0.29) is 0 Å². The molecule has 0 fully saturated rings. The van der Waals surface area contributed by atoms with Crippen molar-refractivity contribution in [1.29, 1.82) is 0 Å². The number of rotatable bonds is 10. The molecule has 0 unspecified atom stereocenters. The molecular weight excluding hydrogens is 1340 g/mol. The number of thiophene rings is 1. The van der Waals surface area contributed by atoms with Crippen molar-refractivity contribution >= 4 is 141 Å². The average Bonchev–Trinajstić information content (AvgIpc) is 1.47. The second kappa shape index (κ2) is 23.6. The second-order valence-corrected chi connectivity index (χ2v) is 29.2. The third-order valence-electron chi connectivity index (χ3n) is 22.1. The normalized spacial score (nSPS) is 12.1. The molecule has 7 heterocycles. The minimum absolute atomic E-state index is 0.650. The van der Waals surface area contributed by atoms with E-state index in [2.05, 4.69) is 341 Å². The fourth-order valence-corrected chi connectivity index (χ4v) is 18.4. The molecule has 8 nitrogen and oxygen atoms in total. The largest absolute Gasteiger partial charge is 0.456 e. The van der Waals surface area contributed by atoms with Crippen molar-refractivity contribution in [2.75, 3.05) is 0 Å². The van der Waals surface area contributed by atoms with Gasteiger partial charge in [-0.3, -0.25) is 4.57 Å². The minimum atomic E-state index is 0.650. The minimum Gasteiger partial charge on any atom is -0.456 e. The van der Waals surface area contributed by atoms with Gasteiger partial charge in [0, 0.05) is 115 Å². The maximum atomic E-state index is 6.85. The van der Waals surface area contributed by atoms with Gasteiger partial charge >= 0.3 is 0 Å². The Morgan fingerprint density at radius 3 is 1.50 bits per heavy atom. The Kier molecular flexibility index (Phi) is 13.2. The Bertz CT molecular complexity index is 7660. The maximum absolute atomic E-state index is 6.85. The van der Waals surface area contributed by atoms with Crippen molar-refractivity contribution in [3.63, 3.8) is 0 Å². The predicted molar refractivity (Wildman–Crippen MR) is 448 cm³/mol. The van der Waals surface area contributed by atoms with Gasteiger partial charge in [0.25, 0.3) is 0 Å². The summed E-state index contributed by atoms with van der Waals surface area (Å²) < 4.78 is 23.3. The number of nitrogens with zero attached hydrogens (tertiary/aromatic N) is 6. The SMILES string of the molecule is c1ccc(-c2ccc(-c3nc(-c4cccc5oc6cc(-n7c8ccccc8c8ccc(-c9cccc(-c%10ccc(-n%11c(-c%12ccc(-c%13cccc%14oc%15cc(-n%16c%17ccccc%17c%17c%18sc%19ccccc%19c%18ccc%17%16)ccc%15c%13%14)cc%12)nc%12ccccc%12%11)cc%10)c9)cc87)ccc6c45)nc4ccccc34)cc2)cc1. The summed E-state index contributed by atoms with van der Waals surface area (Å²) in [6.07, 6.45) is 0. The fourth-order valence-electron chi connectivity index (χ4n) is 17.1. The van der Waals surface area contributed by atoms with Crippen LogP contribution < -0.4 is 0 Å². The molecule has 9 heteroatoms. The van der Waals surface area contributed by atoms with Crippen LogP contribution in [0.1, 0.15) is 0 Å². The van der Waals surface area contributed by atoms with Crippen molar-refractivity contribution in [1.82, 2.24) is 28.7 Å². The second-order valence-electron chi connectivity index (χ2n) is 28.1. The van der Waals surface area contributed by atoms with Gasteiger partial charge in [0.2, 0.25) is 0 Å². The molecule has 0 bridgehead atoms. The first-order valence-corrected chi connectivity index (χ1v) is 37.3. The Labute approximate surface area is 621 Å². The summed E-state index contributed by atoms with van der Waals surface area (Å²) in [5.41, 5.74) is 26.7. The number of fused-ring (bicyclic) bond motifs is 18. The van der Waals surface area contributed by atoms with Crippen LogP contribution in [0.3, 0.4) is 0 Å². The number of hydrogen-bond acceptors (Lipinski definition) is 6. The lowest BCUT2D eigenvalue weighted by molar-refractivity contribution is 0.668. The Morgan fingerprint density at radius 1 is 0.241 bits per heavy atom. The molecule has 0 radical (unpaired) electrons. The van der Waals surface area contributed by atoms with Crippen molar-refractivity contribution in [2.45, 2.75) is 0 Å². The summed E-state index contributed by atoms with van der Waals surface area (Å²) in [7, 11) is 0. The van der Waals surface area contributed by atoms with Crippen molar-refractivity contribution in [3.05, 3.63) is 352 Å². The van der Waals surface area contributed by atoms with Gasteiger partial charge in [-0.05, 0) is 148 Å². The van der Waals surface area contributed by atoms with E-state index in [1.165, 1.54) is 58.3 Å². The molecule has 0 amide bonds. The zero-order chi connectivity index (χ0) is 70.7. The summed E-state index contributed by atoms with van der Waals surface area (Å²) in [6.45, 7) is 0. The highest BCUT2D eigenvalue weighted by Crippen LogP contribution is 2.47. The van der Waals surface area contributed by atoms with Gasteiger partial charge in [-0.25, -0.2) is 15.0 Å². The van der Waals surface area contributed by atoms with Crippen LogP contribution in [-0.4, -0.2) is 28.7 Å².